The lowest BCUT2D eigenvalue weighted by Crippen LogP contribution is -2.20. The predicted molar refractivity (Wildman–Crippen MR) is 102 cm³/mol. The standard InChI is InChI=1S/C20H22N4O2/c1-12(2)23-10-15(6-7-20(23)26)24-11-17(14-4-5-14)16-9-21-19(8-18(16)24)22-13(3)25/h6-12,14H,4-5H2,1-3H3,(H,21,22,25). The van der Waals surface area contributed by atoms with Crippen molar-refractivity contribution in [2.45, 2.75) is 45.6 Å². The fourth-order valence-electron chi connectivity index (χ4n) is 3.36. The second-order valence-electron chi connectivity index (χ2n) is 7.22. The number of carbonyl (C=O) groups excluding carboxylic acids is 1. The van der Waals surface area contributed by atoms with E-state index < -0.39 is 0 Å². The average Bonchev–Trinajstić information content (AvgIpc) is 3.36. The Bertz CT molecular complexity index is 1060. The van der Waals surface area contributed by atoms with Gasteiger partial charge < -0.3 is 14.5 Å². The lowest BCUT2D eigenvalue weighted by Gasteiger charge is -2.13. The van der Waals surface area contributed by atoms with Crippen molar-refractivity contribution in [3.8, 4) is 5.69 Å². The van der Waals surface area contributed by atoms with Crippen LogP contribution < -0.4 is 10.9 Å². The van der Waals surface area contributed by atoms with Crippen molar-refractivity contribution in [2.75, 3.05) is 5.32 Å². The molecule has 3 heterocycles. The molecule has 26 heavy (non-hydrogen) atoms. The van der Waals surface area contributed by atoms with Crippen LogP contribution in [0.15, 0.2) is 41.6 Å². The maximum Gasteiger partial charge on any atom is 0.250 e. The highest BCUT2D eigenvalue weighted by Gasteiger charge is 2.28. The number of nitrogens with one attached hydrogen (secondary N) is 1. The maximum atomic E-state index is 12.1. The van der Waals surface area contributed by atoms with Crippen LogP contribution in [-0.4, -0.2) is 20.0 Å². The number of nitrogens with zero attached hydrogens (tertiary/aromatic N) is 3. The van der Waals surface area contributed by atoms with Gasteiger partial charge in [0.05, 0.1) is 11.2 Å². The molecule has 3 aromatic heterocycles. The molecular weight excluding hydrogens is 328 g/mol. The molecule has 0 bridgehead atoms. The lowest BCUT2D eigenvalue weighted by molar-refractivity contribution is -0.114. The molecule has 0 atom stereocenters. The summed E-state index contributed by atoms with van der Waals surface area (Å²) in [6.07, 6.45) is 8.26. The third-order valence-electron chi connectivity index (χ3n) is 4.80. The summed E-state index contributed by atoms with van der Waals surface area (Å²) >= 11 is 0. The lowest BCUT2D eigenvalue weighted by atomic mass is 10.1. The number of hydrogen-bond acceptors (Lipinski definition) is 3. The number of hydrogen-bond donors (Lipinski definition) is 1. The van der Waals surface area contributed by atoms with Crippen molar-refractivity contribution in [1.82, 2.24) is 14.1 Å². The second-order valence-corrected chi connectivity index (χ2v) is 7.22. The van der Waals surface area contributed by atoms with Gasteiger partial charge in [-0.05, 0) is 44.2 Å². The first-order valence-corrected chi connectivity index (χ1v) is 8.95. The summed E-state index contributed by atoms with van der Waals surface area (Å²) in [7, 11) is 0. The van der Waals surface area contributed by atoms with Crippen molar-refractivity contribution in [1.29, 1.82) is 0 Å². The van der Waals surface area contributed by atoms with Gasteiger partial charge in [0, 0.05) is 49.1 Å². The Morgan fingerprint density at radius 2 is 2.04 bits per heavy atom. The Morgan fingerprint density at radius 3 is 2.69 bits per heavy atom. The van der Waals surface area contributed by atoms with Gasteiger partial charge in [0.15, 0.2) is 0 Å². The summed E-state index contributed by atoms with van der Waals surface area (Å²) < 4.78 is 3.82. The van der Waals surface area contributed by atoms with Gasteiger partial charge in [0.2, 0.25) is 5.91 Å². The Hall–Kier alpha value is -2.89. The zero-order valence-corrected chi connectivity index (χ0v) is 15.2. The quantitative estimate of drug-likeness (QED) is 0.781. The summed E-state index contributed by atoms with van der Waals surface area (Å²) in [5.74, 6) is 0.956. The normalized spacial score (nSPS) is 14.2. The molecule has 4 rings (SSSR count). The molecule has 6 nitrogen and oxygen atoms in total. The van der Waals surface area contributed by atoms with Gasteiger partial charge in [0.1, 0.15) is 5.82 Å². The van der Waals surface area contributed by atoms with E-state index in [9.17, 15) is 9.59 Å². The highest BCUT2D eigenvalue weighted by molar-refractivity contribution is 5.92. The summed E-state index contributed by atoms with van der Waals surface area (Å²) in [6, 6.07) is 5.43. The third-order valence-corrected chi connectivity index (χ3v) is 4.80. The van der Waals surface area contributed by atoms with E-state index in [1.165, 1.54) is 25.3 Å². The van der Waals surface area contributed by atoms with E-state index in [1.807, 2.05) is 38.4 Å². The fourth-order valence-corrected chi connectivity index (χ4v) is 3.36. The van der Waals surface area contributed by atoms with Crippen molar-refractivity contribution in [3.05, 3.63) is 52.7 Å². The molecule has 1 aliphatic carbocycles. The van der Waals surface area contributed by atoms with Gasteiger partial charge >= 0.3 is 0 Å². The van der Waals surface area contributed by atoms with Gasteiger partial charge in [-0.3, -0.25) is 9.59 Å². The molecule has 1 fully saturated rings. The summed E-state index contributed by atoms with van der Waals surface area (Å²) in [6.45, 7) is 5.46. The fraction of sp³-hybridized carbons (Fsp3) is 0.350. The largest absolute Gasteiger partial charge is 0.315 e. The molecule has 1 amide bonds. The first-order chi connectivity index (χ1) is 12.4. The molecule has 0 aliphatic heterocycles. The van der Waals surface area contributed by atoms with Gasteiger partial charge in [-0.15, -0.1) is 0 Å². The first-order valence-electron chi connectivity index (χ1n) is 8.95. The number of rotatable bonds is 4. The minimum absolute atomic E-state index is 0.0109. The van der Waals surface area contributed by atoms with E-state index >= 15 is 0 Å². The molecule has 1 N–H and O–H groups in total. The van der Waals surface area contributed by atoms with E-state index in [-0.39, 0.29) is 17.5 Å². The average molecular weight is 350 g/mol. The second kappa shape index (κ2) is 6.12. The summed E-state index contributed by atoms with van der Waals surface area (Å²) in [5, 5.41) is 3.85. The van der Waals surface area contributed by atoms with Gasteiger partial charge in [-0.1, -0.05) is 0 Å². The SMILES string of the molecule is CC(=O)Nc1cc2c(cn1)c(C1CC1)cn2-c1ccc(=O)n(C(C)C)c1. The van der Waals surface area contributed by atoms with E-state index in [1.54, 1.807) is 10.6 Å². The third kappa shape index (κ3) is 2.92. The smallest absolute Gasteiger partial charge is 0.250 e. The molecule has 6 heteroatoms. The molecule has 0 aromatic carbocycles. The van der Waals surface area contributed by atoms with Crippen LogP contribution in [0, 0.1) is 0 Å². The van der Waals surface area contributed by atoms with E-state index in [2.05, 4.69) is 21.1 Å². The number of amides is 1. The van der Waals surface area contributed by atoms with Crippen LogP contribution >= 0.6 is 0 Å². The van der Waals surface area contributed by atoms with Gasteiger partial charge in [-0.25, -0.2) is 4.98 Å². The number of fused-ring (bicyclic) bond motifs is 1. The number of pyridine rings is 2. The van der Waals surface area contributed by atoms with Gasteiger partial charge in [0.25, 0.3) is 5.56 Å². The molecular formula is C20H22N4O2. The number of aromatic nitrogens is 3. The minimum atomic E-state index is -0.147. The van der Waals surface area contributed by atoms with Crippen LogP contribution in [0.25, 0.3) is 16.6 Å². The Morgan fingerprint density at radius 1 is 1.27 bits per heavy atom. The van der Waals surface area contributed by atoms with E-state index in [4.69, 9.17) is 0 Å². The first kappa shape index (κ1) is 16.6. The van der Waals surface area contributed by atoms with Crippen molar-refractivity contribution < 1.29 is 4.79 Å². The van der Waals surface area contributed by atoms with Crippen LogP contribution in [-0.2, 0) is 4.79 Å². The van der Waals surface area contributed by atoms with Crippen LogP contribution in [0.3, 0.4) is 0 Å². The van der Waals surface area contributed by atoms with Crippen LogP contribution in [0.4, 0.5) is 5.82 Å². The molecule has 0 spiro atoms. The predicted octanol–water partition coefficient (Wildman–Crippen LogP) is 3.60. The Kier molecular flexibility index (Phi) is 3.90. The molecule has 0 radical (unpaired) electrons. The molecule has 134 valence electrons. The van der Waals surface area contributed by atoms with E-state index in [0.717, 1.165) is 16.6 Å². The number of carbonyl (C=O) groups is 1. The molecule has 0 unspecified atom stereocenters. The Labute approximate surface area is 151 Å². The van der Waals surface area contributed by atoms with Gasteiger partial charge in [-0.2, -0.15) is 0 Å². The molecule has 3 aromatic rings. The highest BCUT2D eigenvalue weighted by atomic mass is 16.1. The monoisotopic (exact) mass is 350 g/mol. The summed E-state index contributed by atoms with van der Waals surface area (Å²) in [5.41, 5.74) is 3.18. The van der Waals surface area contributed by atoms with Crippen LogP contribution in [0.5, 0.6) is 0 Å². The zero-order valence-electron chi connectivity index (χ0n) is 15.2. The highest BCUT2D eigenvalue weighted by Crippen LogP contribution is 2.44. The molecule has 1 saturated carbocycles. The van der Waals surface area contributed by atoms with E-state index in [0.29, 0.717) is 11.7 Å². The Balaban J connectivity index is 1.92. The van der Waals surface area contributed by atoms with Crippen LogP contribution in [0.2, 0.25) is 0 Å². The topological polar surface area (TPSA) is 68.9 Å². The van der Waals surface area contributed by atoms with Crippen molar-refractivity contribution in [3.63, 3.8) is 0 Å². The van der Waals surface area contributed by atoms with Crippen molar-refractivity contribution in [2.24, 2.45) is 0 Å². The maximum absolute atomic E-state index is 12.1. The minimum Gasteiger partial charge on any atom is -0.315 e. The summed E-state index contributed by atoms with van der Waals surface area (Å²) in [4.78, 5) is 27.9. The molecule has 0 saturated heterocycles. The van der Waals surface area contributed by atoms with Crippen molar-refractivity contribution >= 4 is 22.6 Å². The molecule has 1 aliphatic rings. The number of anilines is 1. The van der Waals surface area contributed by atoms with Crippen LogP contribution in [0.1, 0.15) is 51.1 Å². The zero-order chi connectivity index (χ0) is 18.4.